The van der Waals surface area contributed by atoms with E-state index < -0.39 is 0 Å². The maximum Gasteiger partial charge on any atom is 0.191 e. The number of hydrogen-bond donors (Lipinski definition) is 2. The summed E-state index contributed by atoms with van der Waals surface area (Å²) in [4.78, 5) is 4.22. The molecule has 0 spiro atoms. The van der Waals surface area contributed by atoms with E-state index in [0.717, 1.165) is 35.8 Å². The highest BCUT2D eigenvalue weighted by atomic mass is 32.2. The van der Waals surface area contributed by atoms with Gasteiger partial charge >= 0.3 is 0 Å². The van der Waals surface area contributed by atoms with Gasteiger partial charge in [-0.05, 0) is 18.6 Å². The monoisotopic (exact) mass is 273 g/mol. The quantitative estimate of drug-likeness (QED) is 0.322. The molecule has 0 aromatic rings. The Morgan fingerprint density at radius 3 is 3.12 bits per heavy atom. The Kier molecular flexibility index (Phi) is 8.44. The van der Waals surface area contributed by atoms with E-state index >= 15 is 0 Å². The van der Waals surface area contributed by atoms with Crippen molar-refractivity contribution in [3.63, 3.8) is 0 Å². The molecule has 1 atom stereocenters. The Morgan fingerprint density at radius 1 is 1.59 bits per heavy atom. The van der Waals surface area contributed by atoms with Crippen molar-refractivity contribution in [2.75, 3.05) is 37.4 Å². The largest absolute Gasteiger partial charge is 0.356 e. The summed E-state index contributed by atoms with van der Waals surface area (Å²) in [5, 5.41) is 7.48. The number of rotatable bonds is 7. The Bertz CT molecular complexity index is 238. The molecule has 0 aliphatic carbocycles. The minimum Gasteiger partial charge on any atom is -0.356 e. The van der Waals surface area contributed by atoms with Crippen molar-refractivity contribution in [3.05, 3.63) is 12.7 Å². The summed E-state index contributed by atoms with van der Waals surface area (Å²) in [7, 11) is 1.83. The van der Waals surface area contributed by atoms with E-state index in [1.807, 2.05) is 24.9 Å². The van der Waals surface area contributed by atoms with Gasteiger partial charge in [-0.15, -0.1) is 6.58 Å². The lowest BCUT2D eigenvalue weighted by Gasteiger charge is -2.14. The highest BCUT2D eigenvalue weighted by molar-refractivity contribution is 8.00. The lowest BCUT2D eigenvalue weighted by molar-refractivity contribution is 0.731. The summed E-state index contributed by atoms with van der Waals surface area (Å²) in [6.07, 6.45) is 4.64. The second kappa shape index (κ2) is 9.71. The standard InChI is InChI=1S/C12H23N3S2/c1-3-7-16-9-6-14-12(13-2)15-10-11-5-4-8-17-11/h3,11H,1,4-10H2,2H3,(H2,13,14,15). The summed E-state index contributed by atoms with van der Waals surface area (Å²) >= 11 is 3.95. The fraction of sp³-hybridized carbons (Fsp3) is 0.750. The van der Waals surface area contributed by atoms with Crippen LogP contribution in [0.3, 0.4) is 0 Å². The summed E-state index contributed by atoms with van der Waals surface area (Å²) in [5.74, 6) is 4.35. The van der Waals surface area contributed by atoms with Crippen molar-refractivity contribution in [3.8, 4) is 0 Å². The molecule has 0 amide bonds. The van der Waals surface area contributed by atoms with Gasteiger partial charge < -0.3 is 10.6 Å². The molecule has 17 heavy (non-hydrogen) atoms. The molecule has 1 saturated heterocycles. The summed E-state index contributed by atoms with van der Waals surface area (Å²) in [5.41, 5.74) is 0. The summed E-state index contributed by atoms with van der Waals surface area (Å²) < 4.78 is 0. The fourth-order valence-electron chi connectivity index (χ4n) is 1.64. The van der Waals surface area contributed by atoms with Crippen molar-refractivity contribution >= 4 is 29.5 Å². The molecule has 0 saturated carbocycles. The molecule has 3 nitrogen and oxygen atoms in total. The number of guanidine groups is 1. The molecule has 1 aliphatic rings. The average molecular weight is 273 g/mol. The molecule has 1 aliphatic heterocycles. The van der Waals surface area contributed by atoms with Gasteiger partial charge in [-0.1, -0.05) is 6.08 Å². The van der Waals surface area contributed by atoms with Crippen molar-refractivity contribution < 1.29 is 0 Å². The zero-order valence-corrected chi connectivity index (χ0v) is 12.2. The number of hydrogen-bond acceptors (Lipinski definition) is 3. The SMILES string of the molecule is C=CCSCCNC(=NC)NCC1CCCS1. The Balaban J connectivity index is 2.04. The van der Waals surface area contributed by atoms with E-state index in [9.17, 15) is 0 Å². The van der Waals surface area contributed by atoms with Crippen LogP contribution < -0.4 is 10.6 Å². The molecule has 98 valence electrons. The van der Waals surface area contributed by atoms with E-state index in [0.29, 0.717) is 0 Å². The van der Waals surface area contributed by atoms with Crippen LogP contribution in [0.15, 0.2) is 17.6 Å². The molecule has 1 unspecified atom stereocenters. The average Bonchev–Trinajstić information content (AvgIpc) is 2.86. The van der Waals surface area contributed by atoms with E-state index in [-0.39, 0.29) is 0 Å². The van der Waals surface area contributed by atoms with Gasteiger partial charge in [-0.25, -0.2) is 0 Å². The number of aliphatic imine (C=N–C) groups is 1. The van der Waals surface area contributed by atoms with Gasteiger partial charge in [0.2, 0.25) is 0 Å². The predicted molar refractivity (Wildman–Crippen MR) is 82.4 cm³/mol. The molecule has 5 heteroatoms. The highest BCUT2D eigenvalue weighted by Crippen LogP contribution is 2.25. The topological polar surface area (TPSA) is 36.4 Å². The molecule has 1 rings (SSSR count). The van der Waals surface area contributed by atoms with Crippen LogP contribution in [0.25, 0.3) is 0 Å². The number of thioether (sulfide) groups is 2. The van der Waals surface area contributed by atoms with Crippen LogP contribution in [0.5, 0.6) is 0 Å². The van der Waals surface area contributed by atoms with Crippen LogP contribution in [0.1, 0.15) is 12.8 Å². The van der Waals surface area contributed by atoms with Crippen molar-refractivity contribution in [1.29, 1.82) is 0 Å². The van der Waals surface area contributed by atoms with Crippen molar-refractivity contribution in [2.45, 2.75) is 18.1 Å². The molecule has 2 N–H and O–H groups in total. The van der Waals surface area contributed by atoms with Crippen LogP contribution in [0.2, 0.25) is 0 Å². The van der Waals surface area contributed by atoms with Gasteiger partial charge in [0.25, 0.3) is 0 Å². The van der Waals surface area contributed by atoms with Crippen molar-refractivity contribution in [1.82, 2.24) is 10.6 Å². The third-order valence-corrected chi connectivity index (χ3v) is 4.88. The highest BCUT2D eigenvalue weighted by Gasteiger charge is 2.15. The third kappa shape index (κ3) is 6.88. The van der Waals surface area contributed by atoms with Crippen LogP contribution in [-0.4, -0.2) is 48.6 Å². The minimum atomic E-state index is 0.767. The third-order valence-electron chi connectivity index (χ3n) is 2.52. The van der Waals surface area contributed by atoms with Gasteiger partial charge in [0.05, 0.1) is 0 Å². The molecule has 0 bridgehead atoms. The van der Waals surface area contributed by atoms with Crippen LogP contribution in [-0.2, 0) is 0 Å². The minimum absolute atomic E-state index is 0.767. The molecular formula is C12H23N3S2. The molecule has 0 aromatic carbocycles. The van der Waals surface area contributed by atoms with Gasteiger partial charge in [0, 0.05) is 36.9 Å². The molecule has 1 heterocycles. The fourth-order valence-corrected chi connectivity index (χ4v) is 3.43. The van der Waals surface area contributed by atoms with Crippen LogP contribution in [0.4, 0.5) is 0 Å². The first-order chi connectivity index (χ1) is 8.36. The second-order valence-electron chi connectivity index (χ2n) is 3.88. The van der Waals surface area contributed by atoms with Crippen LogP contribution in [0, 0.1) is 0 Å². The summed E-state index contributed by atoms with van der Waals surface area (Å²) in [6, 6.07) is 0. The smallest absolute Gasteiger partial charge is 0.191 e. The summed E-state index contributed by atoms with van der Waals surface area (Å²) in [6.45, 7) is 5.69. The maximum atomic E-state index is 4.22. The number of nitrogens with zero attached hydrogens (tertiary/aromatic N) is 1. The zero-order chi connectivity index (χ0) is 12.3. The van der Waals surface area contributed by atoms with Gasteiger partial charge in [-0.3, -0.25) is 4.99 Å². The second-order valence-corrected chi connectivity index (χ2v) is 6.44. The Morgan fingerprint density at radius 2 is 2.47 bits per heavy atom. The first-order valence-corrected chi connectivity index (χ1v) is 8.32. The molecule has 0 aromatic heterocycles. The number of nitrogens with one attached hydrogen (secondary N) is 2. The molecule has 0 radical (unpaired) electrons. The van der Waals surface area contributed by atoms with E-state index in [1.54, 1.807) is 0 Å². The van der Waals surface area contributed by atoms with Gasteiger partial charge in [0.15, 0.2) is 5.96 Å². The maximum absolute atomic E-state index is 4.22. The van der Waals surface area contributed by atoms with E-state index in [4.69, 9.17) is 0 Å². The molecular weight excluding hydrogens is 250 g/mol. The van der Waals surface area contributed by atoms with E-state index in [2.05, 4.69) is 34.0 Å². The zero-order valence-electron chi connectivity index (χ0n) is 10.6. The van der Waals surface area contributed by atoms with E-state index in [1.165, 1.54) is 18.6 Å². The predicted octanol–water partition coefficient (Wildman–Crippen LogP) is 1.97. The Labute approximate surface area is 113 Å². The lowest BCUT2D eigenvalue weighted by atomic mass is 10.2. The first kappa shape index (κ1) is 14.8. The molecule has 1 fully saturated rings. The first-order valence-electron chi connectivity index (χ1n) is 6.11. The van der Waals surface area contributed by atoms with Crippen LogP contribution >= 0.6 is 23.5 Å². The van der Waals surface area contributed by atoms with Gasteiger partial charge in [0.1, 0.15) is 0 Å². The Hall–Kier alpha value is -0.290. The van der Waals surface area contributed by atoms with Crippen molar-refractivity contribution in [2.24, 2.45) is 4.99 Å². The lowest BCUT2D eigenvalue weighted by Crippen LogP contribution is -2.41. The van der Waals surface area contributed by atoms with Gasteiger partial charge in [-0.2, -0.15) is 23.5 Å². The normalized spacial score (nSPS) is 20.3.